The molecular weight excluding hydrogens is 202 g/mol. The lowest BCUT2D eigenvalue weighted by atomic mass is 10.0. The highest BCUT2D eigenvalue weighted by atomic mass is 32.1. The molecule has 0 aliphatic heterocycles. The van der Waals surface area contributed by atoms with Crippen molar-refractivity contribution < 1.29 is 0 Å². The van der Waals surface area contributed by atoms with Gasteiger partial charge in [0.2, 0.25) is 0 Å². The van der Waals surface area contributed by atoms with E-state index in [4.69, 9.17) is 5.73 Å². The van der Waals surface area contributed by atoms with Crippen LogP contribution in [0.5, 0.6) is 0 Å². The molecule has 1 atom stereocenters. The second kappa shape index (κ2) is 4.48. The van der Waals surface area contributed by atoms with Gasteiger partial charge in [-0.05, 0) is 29.3 Å². The van der Waals surface area contributed by atoms with E-state index in [9.17, 15) is 0 Å². The second-order valence-electron chi connectivity index (χ2n) is 3.42. The maximum Gasteiger partial charge on any atom is 0.0420 e. The summed E-state index contributed by atoms with van der Waals surface area (Å²) in [4.78, 5) is 0. The molecule has 0 fully saturated rings. The van der Waals surface area contributed by atoms with Gasteiger partial charge in [0.05, 0.1) is 0 Å². The highest BCUT2D eigenvalue weighted by Gasteiger charge is 2.09. The van der Waals surface area contributed by atoms with Crippen LogP contribution >= 0.6 is 11.3 Å². The van der Waals surface area contributed by atoms with Crippen molar-refractivity contribution in [3.05, 3.63) is 35.2 Å². The molecule has 1 heterocycles. The van der Waals surface area contributed by atoms with Crippen LogP contribution in [0, 0.1) is 11.8 Å². The van der Waals surface area contributed by atoms with Crippen LogP contribution in [0.2, 0.25) is 0 Å². The summed E-state index contributed by atoms with van der Waals surface area (Å²) in [6.07, 6.45) is 0.733. The number of thiophene rings is 1. The summed E-state index contributed by atoms with van der Waals surface area (Å²) < 4.78 is 1.30. The molecule has 0 radical (unpaired) electrons. The molecule has 1 aromatic heterocycles. The fourth-order valence-electron chi connectivity index (χ4n) is 1.61. The second-order valence-corrected chi connectivity index (χ2v) is 4.34. The number of benzene rings is 1. The molecule has 0 spiro atoms. The molecule has 2 heteroatoms. The van der Waals surface area contributed by atoms with E-state index in [1.165, 1.54) is 15.6 Å². The van der Waals surface area contributed by atoms with Gasteiger partial charge in [-0.2, -0.15) is 0 Å². The zero-order valence-electron chi connectivity index (χ0n) is 8.66. The van der Waals surface area contributed by atoms with Crippen LogP contribution in [0.1, 0.15) is 24.9 Å². The zero-order chi connectivity index (χ0) is 10.7. The largest absolute Gasteiger partial charge is 0.323 e. The maximum absolute atomic E-state index is 6.10. The fraction of sp³-hybridized carbons (Fsp3) is 0.231. The van der Waals surface area contributed by atoms with Gasteiger partial charge in [-0.1, -0.05) is 18.2 Å². The Morgan fingerprint density at radius 2 is 2.20 bits per heavy atom. The molecule has 2 N–H and O–H groups in total. The number of fused-ring (bicyclic) bond motifs is 1. The van der Waals surface area contributed by atoms with Gasteiger partial charge in [0, 0.05) is 17.2 Å². The van der Waals surface area contributed by atoms with E-state index in [2.05, 4.69) is 41.5 Å². The Morgan fingerprint density at radius 3 is 3.00 bits per heavy atom. The molecular formula is C13H13NS. The quantitative estimate of drug-likeness (QED) is 0.764. The SMILES string of the molecule is CC#CCC(N)c1csc2ccccc12. The molecule has 2 rings (SSSR count). The van der Waals surface area contributed by atoms with Crippen molar-refractivity contribution in [2.24, 2.45) is 5.73 Å². The minimum absolute atomic E-state index is 0.0357. The Kier molecular flexibility index (Phi) is 3.05. The topological polar surface area (TPSA) is 26.0 Å². The van der Waals surface area contributed by atoms with Crippen molar-refractivity contribution in [3.8, 4) is 11.8 Å². The van der Waals surface area contributed by atoms with E-state index in [1.807, 2.05) is 6.92 Å². The summed E-state index contributed by atoms with van der Waals surface area (Å²) in [6, 6.07) is 8.40. The third kappa shape index (κ3) is 2.04. The lowest BCUT2D eigenvalue weighted by Gasteiger charge is -2.06. The monoisotopic (exact) mass is 215 g/mol. The predicted octanol–water partition coefficient (Wildman–Crippen LogP) is 3.31. The van der Waals surface area contributed by atoms with Crippen molar-refractivity contribution in [3.63, 3.8) is 0 Å². The van der Waals surface area contributed by atoms with Gasteiger partial charge in [0.15, 0.2) is 0 Å². The molecule has 0 saturated carbocycles. The Bertz CT molecular complexity index is 516. The summed E-state index contributed by atoms with van der Waals surface area (Å²) in [5, 5.41) is 3.42. The molecule has 2 aromatic rings. The van der Waals surface area contributed by atoms with Gasteiger partial charge in [0.25, 0.3) is 0 Å². The smallest absolute Gasteiger partial charge is 0.0420 e. The van der Waals surface area contributed by atoms with Crippen LogP contribution in [0.4, 0.5) is 0 Å². The number of hydrogen-bond donors (Lipinski definition) is 1. The molecule has 0 aliphatic carbocycles. The number of nitrogens with two attached hydrogens (primary N) is 1. The van der Waals surface area contributed by atoms with Crippen molar-refractivity contribution in [2.75, 3.05) is 0 Å². The molecule has 1 nitrogen and oxygen atoms in total. The van der Waals surface area contributed by atoms with Gasteiger partial charge >= 0.3 is 0 Å². The van der Waals surface area contributed by atoms with E-state index in [0.29, 0.717) is 0 Å². The summed E-state index contributed by atoms with van der Waals surface area (Å²) >= 11 is 1.75. The third-order valence-electron chi connectivity index (χ3n) is 2.41. The molecule has 15 heavy (non-hydrogen) atoms. The minimum atomic E-state index is 0.0357. The summed E-state index contributed by atoms with van der Waals surface area (Å²) in [5.41, 5.74) is 7.32. The lowest BCUT2D eigenvalue weighted by Crippen LogP contribution is -2.08. The van der Waals surface area contributed by atoms with Crippen LogP contribution in [0.15, 0.2) is 29.6 Å². The first-order valence-electron chi connectivity index (χ1n) is 4.94. The average molecular weight is 215 g/mol. The van der Waals surface area contributed by atoms with Crippen LogP contribution in [0.25, 0.3) is 10.1 Å². The third-order valence-corrected chi connectivity index (χ3v) is 3.39. The van der Waals surface area contributed by atoms with Crippen LogP contribution < -0.4 is 5.73 Å². The van der Waals surface area contributed by atoms with Gasteiger partial charge in [-0.25, -0.2) is 0 Å². The molecule has 1 aromatic carbocycles. The molecule has 0 bridgehead atoms. The Labute approximate surface area is 93.9 Å². The molecule has 1 unspecified atom stereocenters. The normalized spacial score (nSPS) is 12.1. The predicted molar refractivity (Wildman–Crippen MR) is 66.8 cm³/mol. The van der Waals surface area contributed by atoms with E-state index in [1.54, 1.807) is 11.3 Å². The summed E-state index contributed by atoms with van der Waals surface area (Å²) in [5.74, 6) is 5.91. The highest BCUT2D eigenvalue weighted by Crippen LogP contribution is 2.30. The fourth-order valence-corrected chi connectivity index (χ4v) is 2.63. The molecule has 76 valence electrons. The first kappa shape index (κ1) is 10.2. The highest BCUT2D eigenvalue weighted by molar-refractivity contribution is 7.17. The Balaban J connectivity index is 2.37. The summed E-state index contributed by atoms with van der Waals surface area (Å²) in [7, 11) is 0. The van der Waals surface area contributed by atoms with E-state index in [-0.39, 0.29) is 6.04 Å². The zero-order valence-corrected chi connectivity index (χ0v) is 9.47. The van der Waals surface area contributed by atoms with Crippen molar-refractivity contribution in [2.45, 2.75) is 19.4 Å². The van der Waals surface area contributed by atoms with Crippen molar-refractivity contribution in [1.29, 1.82) is 0 Å². The van der Waals surface area contributed by atoms with Gasteiger partial charge in [0.1, 0.15) is 0 Å². The summed E-state index contributed by atoms with van der Waals surface area (Å²) in [6.45, 7) is 1.85. The lowest BCUT2D eigenvalue weighted by molar-refractivity contribution is 0.764. The first-order valence-corrected chi connectivity index (χ1v) is 5.82. The van der Waals surface area contributed by atoms with E-state index >= 15 is 0 Å². The van der Waals surface area contributed by atoms with Crippen molar-refractivity contribution >= 4 is 21.4 Å². The van der Waals surface area contributed by atoms with Gasteiger partial charge in [-0.15, -0.1) is 23.2 Å². The van der Waals surface area contributed by atoms with Crippen LogP contribution in [-0.4, -0.2) is 0 Å². The first-order chi connectivity index (χ1) is 7.33. The minimum Gasteiger partial charge on any atom is -0.323 e. The van der Waals surface area contributed by atoms with E-state index in [0.717, 1.165) is 6.42 Å². The molecule has 0 saturated heterocycles. The Hall–Kier alpha value is -1.30. The standard InChI is InChI=1S/C13H13NS/c1-2-3-7-12(14)11-9-15-13-8-5-4-6-10(11)13/h4-6,8-9,12H,7,14H2,1H3. The van der Waals surface area contributed by atoms with Crippen molar-refractivity contribution in [1.82, 2.24) is 0 Å². The van der Waals surface area contributed by atoms with Gasteiger partial charge in [-0.3, -0.25) is 0 Å². The number of rotatable bonds is 2. The maximum atomic E-state index is 6.10. The van der Waals surface area contributed by atoms with Crippen LogP contribution in [-0.2, 0) is 0 Å². The van der Waals surface area contributed by atoms with Crippen LogP contribution in [0.3, 0.4) is 0 Å². The van der Waals surface area contributed by atoms with E-state index < -0.39 is 0 Å². The number of hydrogen-bond acceptors (Lipinski definition) is 2. The Morgan fingerprint density at radius 1 is 1.40 bits per heavy atom. The average Bonchev–Trinajstić information content (AvgIpc) is 2.69. The van der Waals surface area contributed by atoms with Gasteiger partial charge < -0.3 is 5.73 Å². The molecule has 0 amide bonds. The molecule has 0 aliphatic rings.